The maximum absolute atomic E-state index is 10.4. The standard InChI is InChI=1S/C17H26O3/c1-12-7-9-15(17(19-3)13(12)2)16(18)10-8-14-6-4-5-11-20-14/h7,9,14,16,18H,4-6,8,10-11H2,1-3H3. The SMILES string of the molecule is COc1c(C(O)CCC2CCCCO2)ccc(C)c1C. The maximum atomic E-state index is 10.4. The number of benzene rings is 1. The molecule has 1 aromatic rings. The summed E-state index contributed by atoms with van der Waals surface area (Å²) in [6, 6.07) is 4.03. The zero-order valence-corrected chi connectivity index (χ0v) is 12.8. The van der Waals surface area contributed by atoms with Crippen molar-refractivity contribution in [3.63, 3.8) is 0 Å². The molecule has 1 aliphatic heterocycles. The predicted molar refractivity (Wildman–Crippen MR) is 80.3 cm³/mol. The Bertz CT molecular complexity index is 436. The largest absolute Gasteiger partial charge is 0.496 e. The lowest BCUT2D eigenvalue weighted by Crippen LogP contribution is -2.19. The Morgan fingerprint density at radius 2 is 2.15 bits per heavy atom. The van der Waals surface area contributed by atoms with E-state index >= 15 is 0 Å². The molecule has 0 aliphatic carbocycles. The third kappa shape index (κ3) is 3.53. The Hall–Kier alpha value is -1.06. The fourth-order valence-corrected chi connectivity index (χ4v) is 2.88. The van der Waals surface area contributed by atoms with Gasteiger partial charge in [0.15, 0.2) is 0 Å². The number of aliphatic hydroxyl groups excluding tert-OH is 1. The summed E-state index contributed by atoms with van der Waals surface area (Å²) in [5.41, 5.74) is 3.19. The molecule has 0 aromatic heterocycles. The number of aryl methyl sites for hydroxylation is 1. The van der Waals surface area contributed by atoms with Gasteiger partial charge < -0.3 is 14.6 Å². The van der Waals surface area contributed by atoms with Crippen molar-refractivity contribution in [1.82, 2.24) is 0 Å². The molecular formula is C17H26O3. The summed E-state index contributed by atoms with van der Waals surface area (Å²) in [4.78, 5) is 0. The number of hydrogen-bond acceptors (Lipinski definition) is 3. The molecule has 1 N–H and O–H groups in total. The molecule has 0 amide bonds. The van der Waals surface area contributed by atoms with E-state index in [0.29, 0.717) is 6.10 Å². The van der Waals surface area contributed by atoms with E-state index in [1.165, 1.54) is 18.4 Å². The lowest BCUT2D eigenvalue weighted by molar-refractivity contribution is 0.00198. The van der Waals surface area contributed by atoms with Crippen LogP contribution in [0, 0.1) is 13.8 Å². The molecule has 2 unspecified atom stereocenters. The summed E-state index contributed by atoms with van der Waals surface area (Å²) in [5, 5.41) is 10.4. The first kappa shape index (κ1) is 15.3. The van der Waals surface area contributed by atoms with Crippen LogP contribution in [0.2, 0.25) is 0 Å². The van der Waals surface area contributed by atoms with Gasteiger partial charge in [-0.3, -0.25) is 0 Å². The van der Waals surface area contributed by atoms with E-state index in [4.69, 9.17) is 9.47 Å². The summed E-state index contributed by atoms with van der Waals surface area (Å²) < 4.78 is 11.2. The first-order chi connectivity index (χ1) is 9.63. The van der Waals surface area contributed by atoms with E-state index < -0.39 is 6.10 Å². The Labute approximate surface area is 121 Å². The minimum absolute atomic E-state index is 0.316. The van der Waals surface area contributed by atoms with Crippen molar-refractivity contribution in [2.75, 3.05) is 13.7 Å². The van der Waals surface area contributed by atoms with Crippen LogP contribution in [-0.2, 0) is 4.74 Å². The summed E-state index contributed by atoms with van der Waals surface area (Å²) in [7, 11) is 1.67. The normalized spacial score (nSPS) is 20.7. The van der Waals surface area contributed by atoms with E-state index in [-0.39, 0.29) is 0 Å². The second-order valence-electron chi connectivity index (χ2n) is 5.71. The molecule has 3 nitrogen and oxygen atoms in total. The Balaban J connectivity index is 2.01. The van der Waals surface area contributed by atoms with E-state index in [1.54, 1.807) is 7.11 Å². The van der Waals surface area contributed by atoms with Gasteiger partial charge in [0.05, 0.1) is 19.3 Å². The zero-order valence-electron chi connectivity index (χ0n) is 12.8. The summed E-state index contributed by atoms with van der Waals surface area (Å²) in [6.07, 6.45) is 5.01. The summed E-state index contributed by atoms with van der Waals surface area (Å²) >= 11 is 0. The molecule has 1 fully saturated rings. The first-order valence-electron chi connectivity index (χ1n) is 7.57. The van der Waals surface area contributed by atoms with E-state index in [2.05, 4.69) is 6.92 Å². The second kappa shape index (κ2) is 7.09. The summed E-state index contributed by atoms with van der Waals surface area (Å²) in [5.74, 6) is 0.821. The van der Waals surface area contributed by atoms with Crippen molar-refractivity contribution in [2.24, 2.45) is 0 Å². The average molecular weight is 278 g/mol. The highest BCUT2D eigenvalue weighted by atomic mass is 16.5. The van der Waals surface area contributed by atoms with Crippen molar-refractivity contribution in [1.29, 1.82) is 0 Å². The molecule has 0 saturated carbocycles. The highest BCUT2D eigenvalue weighted by molar-refractivity contribution is 5.46. The van der Waals surface area contributed by atoms with Gasteiger partial charge in [-0.1, -0.05) is 12.1 Å². The lowest BCUT2D eigenvalue weighted by Gasteiger charge is -2.24. The Morgan fingerprint density at radius 1 is 1.35 bits per heavy atom. The molecule has 112 valence electrons. The van der Waals surface area contributed by atoms with E-state index in [9.17, 15) is 5.11 Å². The molecule has 2 atom stereocenters. The first-order valence-corrected chi connectivity index (χ1v) is 7.57. The van der Waals surface area contributed by atoms with Crippen LogP contribution in [-0.4, -0.2) is 24.9 Å². The monoisotopic (exact) mass is 278 g/mol. The maximum Gasteiger partial charge on any atom is 0.127 e. The number of rotatable bonds is 5. The number of aliphatic hydroxyl groups is 1. The van der Waals surface area contributed by atoms with Crippen molar-refractivity contribution in [3.8, 4) is 5.75 Å². The molecule has 1 heterocycles. The number of hydrogen-bond donors (Lipinski definition) is 1. The fourth-order valence-electron chi connectivity index (χ4n) is 2.88. The topological polar surface area (TPSA) is 38.7 Å². The van der Waals surface area contributed by atoms with E-state index in [0.717, 1.165) is 42.7 Å². The van der Waals surface area contributed by atoms with Gasteiger partial charge in [0.25, 0.3) is 0 Å². The molecule has 1 aliphatic rings. The lowest BCUT2D eigenvalue weighted by atomic mass is 9.96. The summed E-state index contributed by atoms with van der Waals surface area (Å²) in [6.45, 7) is 4.96. The van der Waals surface area contributed by atoms with E-state index in [1.807, 2.05) is 19.1 Å². The fraction of sp³-hybridized carbons (Fsp3) is 0.647. The minimum Gasteiger partial charge on any atom is -0.496 e. The molecule has 1 saturated heterocycles. The molecule has 20 heavy (non-hydrogen) atoms. The van der Waals surface area contributed by atoms with Crippen molar-refractivity contribution < 1.29 is 14.6 Å². The molecular weight excluding hydrogens is 252 g/mol. The van der Waals surface area contributed by atoms with Crippen LogP contribution < -0.4 is 4.74 Å². The van der Waals surface area contributed by atoms with Gasteiger partial charge in [-0.2, -0.15) is 0 Å². The molecule has 0 radical (unpaired) electrons. The van der Waals surface area contributed by atoms with Crippen LogP contribution in [0.25, 0.3) is 0 Å². The van der Waals surface area contributed by atoms with Crippen LogP contribution in [0.5, 0.6) is 5.75 Å². The van der Waals surface area contributed by atoms with Crippen LogP contribution in [0.3, 0.4) is 0 Å². The molecule has 0 spiro atoms. The smallest absolute Gasteiger partial charge is 0.127 e. The van der Waals surface area contributed by atoms with Gasteiger partial charge in [0.1, 0.15) is 5.75 Å². The van der Waals surface area contributed by atoms with Gasteiger partial charge >= 0.3 is 0 Å². The zero-order chi connectivity index (χ0) is 14.5. The highest BCUT2D eigenvalue weighted by Crippen LogP contribution is 2.33. The predicted octanol–water partition coefficient (Wildman–Crippen LogP) is 3.69. The molecule has 2 rings (SSSR count). The quantitative estimate of drug-likeness (QED) is 0.892. The van der Waals surface area contributed by atoms with Crippen LogP contribution in [0.15, 0.2) is 12.1 Å². The third-order valence-electron chi connectivity index (χ3n) is 4.31. The minimum atomic E-state index is -0.477. The number of ether oxygens (including phenoxy) is 2. The van der Waals surface area contributed by atoms with Crippen LogP contribution >= 0.6 is 0 Å². The van der Waals surface area contributed by atoms with Gasteiger partial charge in [0.2, 0.25) is 0 Å². The second-order valence-corrected chi connectivity index (χ2v) is 5.71. The van der Waals surface area contributed by atoms with Gasteiger partial charge in [0, 0.05) is 12.2 Å². The van der Waals surface area contributed by atoms with Crippen LogP contribution in [0.1, 0.15) is 54.9 Å². The molecule has 0 bridgehead atoms. The Morgan fingerprint density at radius 3 is 2.80 bits per heavy atom. The molecule has 1 aromatic carbocycles. The average Bonchev–Trinajstić information content (AvgIpc) is 2.48. The van der Waals surface area contributed by atoms with Gasteiger partial charge in [-0.25, -0.2) is 0 Å². The molecule has 3 heteroatoms. The third-order valence-corrected chi connectivity index (χ3v) is 4.31. The van der Waals surface area contributed by atoms with Crippen molar-refractivity contribution >= 4 is 0 Å². The highest BCUT2D eigenvalue weighted by Gasteiger charge is 2.19. The van der Waals surface area contributed by atoms with Crippen molar-refractivity contribution in [2.45, 2.75) is 58.2 Å². The van der Waals surface area contributed by atoms with Gasteiger partial charge in [-0.05, 0) is 57.1 Å². The Kier molecular flexibility index (Phi) is 5.44. The van der Waals surface area contributed by atoms with Gasteiger partial charge in [-0.15, -0.1) is 0 Å². The van der Waals surface area contributed by atoms with Crippen LogP contribution in [0.4, 0.5) is 0 Å². The van der Waals surface area contributed by atoms with Crippen molar-refractivity contribution in [3.05, 3.63) is 28.8 Å². The number of methoxy groups -OCH3 is 1.